The fourth-order valence-electron chi connectivity index (χ4n) is 1.90. The molecule has 1 aromatic heterocycles. The summed E-state index contributed by atoms with van der Waals surface area (Å²) in [5, 5.41) is 3.51. The van der Waals surface area contributed by atoms with Crippen molar-refractivity contribution in [3.05, 3.63) is 16.1 Å². The van der Waals surface area contributed by atoms with E-state index in [-0.39, 0.29) is 6.04 Å². The van der Waals surface area contributed by atoms with Crippen LogP contribution in [0.1, 0.15) is 23.9 Å². The lowest BCUT2D eigenvalue weighted by Gasteiger charge is -2.28. The first-order chi connectivity index (χ1) is 6.81. The average molecular weight is 211 g/mol. The summed E-state index contributed by atoms with van der Waals surface area (Å²) < 4.78 is 0. The van der Waals surface area contributed by atoms with Gasteiger partial charge in [-0.2, -0.15) is 0 Å². The Balaban J connectivity index is 2.02. The van der Waals surface area contributed by atoms with Crippen molar-refractivity contribution in [3.8, 4) is 0 Å². The third-order valence-electron chi connectivity index (χ3n) is 2.73. The molecule has 2 rings (SSSR count). The molecule has 1 heterocycles. The van der Waals surface area contributed by atoms with Crippen LogP contribution in [-0.4, -0.2) is 23.6 Å². The van der Waals surface area contributed by atoms with Gasteiger partial charge in [0.1, 0.15) is 0 Å². The fourth-order valence-corrected chi connectivity index (χ4v) is 2.75. The molecule has 78 valence electrons. The highest BCUT2D eigenvalue weighted by Crippen LogP contribution is 2.23. The summed E-state index contributed by atoms with van der Waals surface area (Å²) in [6, 6.07) is 0.680. The predicted octanol–water partition coefficient (Wildman–Crippen LogP) is 0.937. The van der Waals surface area contributed by atoms with E-state index in [1.807, 2.05) is 5.51 Å². The van der Waals surface area contributed by atoms with E-state index in [9.17, 15) is 0 Å². The van der Waals surface area contributed by atoms with Crippen molar-refractivity contribution in [3.63, 3.8) is 0 Å². The van der Waals surface area contributed by atoms with E-state index in [0.29, 0.717) is 6.04 Å². The van der Waals surface area contributed by atoms with Crippen LogP contribution < -0.4 is 11.1 Å². The zero-order valence-corrected chi connectivity index (χ0v) is 9.31. The van der Waals surface area contributed by atoms with Crippen molar-refractivity contribution in [2.75, 3.05) is 6.54 Å². The molecule has 1 aliphatic rings. The van der Waals surface area contributed by atoms with Gasteiger partial charge in [-0.05, 0) is 13.0 Å². The minimum atomic E-state index is 0.233. The van der Waals surface area contributed by atoms with Crippen LogP contribution in [0.5, 0.6) is 0 Å². The lowest BCUT2D eigenvalue weighted by Crippen LogP contribution is -2.50. The Kier molecular flexibility index (Phi) is 3.15. The largest absolute Gasteiger partial charge is 0.326 e. The quantitative estimate of drug-likeness (QED) is 0.782. The molecule has 3 nitrogen and oxygen atoms in total. The minimum absolute atomic E-state index is 0.233. The molecule has 0 amide bonds. The Labute approximate surface area is 88.7 Å². The Hall–Kier alpha value is -0.450. The number of nitrogens with one attached hydrogen (secondary N) is 1. The number of nitrogens with zero attached hydrogens (tertiary/aromatic N) is 1. The highest BCUT2D eigenvalue weighted by atomic mass is 32.1. The zero-order chi connectivity index (χ0) is 9.97. The first-order valence-electron chi connectivity index (χ1n) is 5.21. The van der Waals surface area contributed by atoms with E-state index in [4.69, 9.17) is 5.73 Å². The number of rotatable bonds is 3. The van der Waals surface area contributed by atoms with Crippen LogP contribution in [0.3, 0.4) is 0 Å². The number of nitrogens with two attached hydrogens (primary N) is 1. The number of aromatic nitrogens is 1. The van der Waals surface area contributed by atoms with Gasteiger partial charge < -0.3 is 11.1 Å². The van der Waals surface area contributed by atoms with E-state index in [1.165, 1.54) is 17.0 Å². The van der Waals surface area contributed by atoms with Gasteiger partial charge >= 0.3 is 0 Å². The molecule has 0 saturated heterocycles. The van der Waals surface area contributed by atoms with Gasteiger partial charge in [-0.1, -0.05) is 6.92 Å². The molecule has 2 atom stereocenters. The number of fused-ring (bicyclic) bond motifs is 1. The predicted molar refractivity (Wildman–Crippen MR) is 59.6 cm³/mol. The molecule has 0 radical (unpaired) electrons. The second kappa shape index (κ2) is 4.38. The van der Waals surface area contributed by atoms with Gasteiger partial charge in [-0.3, -0.25) is 0 Å². The lowest BCUT2D eigenvalue weighted by atomic mass is 9.93. The maximum atomic E-state index is 6.10. The van der Waals surface area contributed by atoms with E-state index < -0.39 is 0 Å². The van der Waals surface area contributed by atoms with Crippen molar-refractivity contribution in [2.45, 2.75) is 38.3 Å². The molecule has 1 aliphatic carbocycles. The molecule has 1 aromatic rings. The molecule has 14 heavy (non-hydrogen) atoms. The van der Waals surface area contributed by atoms with Gasteiger partial charge in [0.2, 0.25) is 0 Å². The summed E-state index contributed by atoms with van der Waals surface area (Å²) in [5.74, 6) is 0. The summed E-state index contributed by atoms with van der Waals surface area (Å²) in [7, 11) is 0. The molecular formula is C10H17N3S. The van der Waals surface area contributed by atoms with Gasteiger partial charge in [0.15, 0.2) is 0 Å². The van der Waals surface area contributed by atoms with Crippen LogP contribution in [0.15, 0.2) is 5.51 Å². The Morgan fingerprint density at radius 3 is 3.29 bits per heavy atom. The Bertz CT molecular complexity index is 297. The standard InChI is InChI=1S/C10H17N3S/c1-2-3-12-8-5-10-9(4-7(8)11)13-6-14-10/h6-8,12H,2-5,11H2,1H3. The monoisotopic (exact) mass is 211 g/mol. The fraction of sp³-hybridized carbons (Fsp3) is 0.700. The van der Waals surface area contributed by atoms with Gasteiger partial charge in [-0.15, -0.1) is 11.3 Å². The van der Waals surface area contributed by atoms with E-state index in [1.54, 1.807) is 11.3 Å². The van der Waals surface area contributed by atoms with Crippen LogP contribution in [-0.2, 0) is 12.8 Å². The molecular weight excluding hydrogens is 194 g/mol. The maximum Gasteiger partial charge on any atom is 0.0797 e. The topological polar surface area (TPSA) is 50.9 Å². The average Bonchev–Trinajstić information content (AvgIpc) is 2.61. The van der Waals surface area contributed by atoms with E-state index >= 15 is 0 Å². The third kappa shape index (κ3) is 1.97. The van der Waals surface area contributed by atoms with Crippen LogP contribution in [0.2, 0.25) is 0 Å². The lowest BCUT2D eigenvalue weighted by molar-refractivity contribution is 0.405. The normalized spacial score (nSPS) is 26.1. The van der Waals surface area contributed by atoms with Crippen LogP contribution >= 0.6 is 11.3 Å². The van der Waals surface area contributed by atoms with Gasteiger partial charge in [-0.25, -0.2) is 4.98 Å². The molecule has 0 spiro atoms. The highest BCUT2D eigenvalue weighted by molar-refractivity contribution is 7.09. The molecule has 0 saturated carbocycles. The smallest absolute Gasteiger partial charge is 0.0797 e. The van der Waals surface area contributed by atoms with Crippen molar-refractivity contribution >= 4 is 11.3 Å². The third-order valence-corrected chi connectivity index (χ3v) is 3.63. The maximum absolute atomic E-state index is 6.10. The first kappa shape index (κ1) is 10.1. The molecule has 2 unspecified atom stereocenters. The molecule has 3 N–H and O–H groups in total. The Morgan fingerprint density at radius 1 is 1.64 bits per heavy atom. The van der Waals surface area contributed by atoms with Crippen molar-refractivity contribution in [1.29, 1.82) is 0 Å². The number of hydrogen-bond acceptors (Lipinski definition) is 4. The summed E-state index contributed by atoms with van der Waals surface area (Å²) in [5.41, 5.74) is 9.25. The van der Waals surface area contributed by atoms with Crippen molar-refractivity contribution in [1.82, 2.24) is 10.3 Å². The van der Waals surface area contributed by atoms with Crippen molar-refractivity contribution in [2.24, 2.45) is 5.73 Å². The SMILES string of the molecule is CCCNC1Cc2scnc2CC1N. The summed E-state index contributed by atoms with van der Waals surface area (Å²) in [6.07, 6.45) is 3.15. The summed E-state index contributed by atoms with van der Waals surface area (Å²) in [6.45, 7) is 3.24. The Morgan fingerprint density at radius 2 is 2.50 bits per heavy atom. The molecule has 4 heteroatoms. The van der Waals surface area contributed by atoms with E-state index in [0.717, 1.165) is 19.4 Å². The van der Waals surface area contributed by atoms with Crippen molar-refractivity contribution < 1.29 is 0 Å². The van der Waals surface area contributed by atoms with Crippen LogP contribution in [0.25, 0.3) is 0 Å². The second-order valence-electron chi connectivity index (χ2n) is 3.85. The van der Waals surface area contributed by atoms with Crippen LogP contribution in [0.4, 0.5) is 0 Å². The van der Waals surface area contributed by atoms with E-state index in [2.05, 4.69) is 17.2 Å². The molecule has 0 aliphatic heterocycles. The highest BCUT2D eigenvalue weighted by Gasteiger charge is 2.26. The molecule has 0 bridgehead atoms. The van der Waals surface area contributed by atoms with Gasteiger partial charge in [0, 0.05) is 29.8 Å². The van der Waals surface area contributed by atoms with Crippen LogP contribution in [0, 0.1) is 0 Å². The zero-order valence-electron chi connectivity index (χ0n) is 8.49. The summed E-state index contributed by atoms with van der Waals surface area (Å²) >= 11 is 1.76. The molecule has 0 fully saturated rings. The molecule has 0 aromatic carbocycles. The second-order valence-corrected chi connectivity index (χ2v) is 4.79. The number of hydrogen-bond donors (Lipinski definition) is 2. The minimum Gasteiger partial charge on any atom is -0.326 e. The number of thiazole rings is 1. The first-order valence-corrected chi connectivity index (χ1v) is 6.09. The van der Waals surface area contributed by atoms with Gasteiger partial charge in [0.05, 0.1) is 11.2 Å². The summed E-state index contributed by atoms with van der Waals surface area (Å²) in [4.78, 5) is 5.75. The van der Waals surface area contributed by atoms with Gasteiger partial charge in [0.25, 0.3) is 0 Å².